The smallest absolute Gasteiger partial charge is 0.281 e. The average Bonchev–Trinajstić information content (AvgIpc) is 2.53. The zero-order chi connectivity index (χ0) is 16.2. The Morgan fingerprint density at radius 2 is 2.00 bits per heavy atom. The van der Waals surface area contributed by atoms with Crippen LogP contribution < -0.4 is 5.32 Å². The fourth-order valence-corrected chi connectivity index (χ4v) is 3.72. The van der Waals surface area contributed by atoms with Gasteiger partial charge in [0.15, 0.2) is 0 Å². The lowest BCUT2D eigenvalue weighted by molar-refractivity contribution is -0.126. The van der Waals surface area contributed by atoms with E-state index in [-0.39, 0.29) is 18.4 Å². The molecule has 0 aromatic heterocycles. The number of amides is 1. The van der Waals surface area contributed by atoms with Gasteiger partial charge in [0, 0.05) is 33.7 Å². The molecule has 0 saturated carbocycles. The summed E-state index contributed by atoms with van der Waals surface area (Å²) in [6.45, 7) is 1.20. The second kappa shape index (κ2) is 7.21. The number of piperidine rings is 1. The number of nitrogens with one attached hydrogen (secondary N) is 1. The van der Waals surface area contributed by atoms with E-state index >= 15 is 0 Å². The van der Waals surface area contributed by atoms with Crippen molar-refractivity contribution in [3.05, 3.63) is 35.9 Å². The quantitative estimate of drug-likeness (QED) is 0.871. The van der Waals surface area contributed by atoms with Gasteiger partial charge >= 0.3 is 0 Å². The molecule has 1 aliphatic heterocycles. The Morgan fingerprint density at radius 3 is 2.64 bits per heavy atom. The summed E-state index contributed by atoms with van der Waals surface area (Å²) in [7, 11) is -0.430. The number of carbonyl (C=O) groups excluding carboxylic acids is 1. The second-order valence-electron chi connectivity index (χ2n) is 5.69. The van der Waals surface area contributed by atoms with Gasteiger partial charge in [0.2, 0.25) is 5.91 Å². The summed E-state index contributed by atoms with van der Waals surface area (Å²) in [4.78, 5) is 12.3. The molecule has 22 heavy (non-hydrogen) atoms. The molecule has 1 aliphatic rings. The van der Waals surface area contributed by atoms with E-state index in [4.69, 9.17) is 0 Å². The summed E-state index contributed by atoms with van der Waals surface area (Å²) >= 11 is 0. The third-order valence-electron chi connectivity index (χ3n) is 3.85. The molecule has 122 valence electrons. The highest BCUT2D eigenvalue weighted by Gasteiger charge is 2.33. The van der Waals surface area contributed by atoms with Gasteiger partial charge in [-0.25, -0.2) is 0 Å². The predicted molar refractivity (Wildman–Crippen MR) is 85.2 cm³/mol. The van der Waals surface area contributed by atoms with Gasteiger partial charge in [-0.2, -0.15) is 17.0 Å². The van der Waals surface area contributed by atoms with Gasteiger partial charge in [-0.15, -0.1) is 0 Å². The Kier molecular flexibility index (Phi) is 5.55. The molecular formula is C15H23N3O3S. The first-order chi connectivity index (χ1) is 10.4. The van der Waals surface area contributed by atoms with Crippen molar-refractivity contribution < 1.29 is 13.2 Å². The van der Waals surface area contributed by atoms with Crippen molar-refractivity contribution >= 4 is 16.1 Å². The topological polar surface area (TPSA) is 69.7 Å². The minimum atomic E-state index is -3.45. The van der Waals surface area contributed by atoms with E-state index in [1.165, 1.54) is 22.7 Å². The van der Waals surface area contributed by atoms with E-state index < -0.39 is 10.2 Å². The molecule has 0 bridgehead atoms. The van der Waals surface area contributed by atoms with Crippen molar-refractivity contribution in [1.29, 1.82) is 0 Å². The fraction of sp³-hybridized carbons (Fsp3) is 0.533. The third-order valence-corrected chi connectivity index (χ3v) is 5.76. The van der Waals surface area contributed by atoms with Gasteiger partial charge in [-0.3, -0.25) is 4.79 Å². The summed E-state index contributed by atoms with van der Waals surface area (Å²) in [6.07, 6.45) is 1.43. The van der Waals surface area contributed by atoms with E-state index in [0.717, 1.165) is 12.0 Å². The monoisotopic (exact) mass is 325 g/mol. The Hall–Kier alpha value is -1.44. The van der Waals surface area contributed by atoms with Crippen molar-refractivity contribution in [3.63, 3.8) is 0 Å². The largest absolute Gasteiger partial charge is 0.352 e. The zero-order valence-electron chi connectivity index (χ0n) is 13.0. The molecule has 7 heteroatoms. The van der Waals surface area contributed by atoms with Gasteiger partial charge in [0.05, 0.1) is 5.92 Å². The Labute approximate surface area is 132 Å². The minimum absolute atomic E-state index is 0.0810. The van der Waals surface area contributed by atoms with Crippen molar-refractivity contribution in [2.45, 2.75) is 19.4 Å². The second-order valence-corrected chi connectivity index (χ2v) is 7.83. The molecule has 1 saturated heterocycles. The van der Waals surface area contributed by atoms with Crippen molar-refractivity contribution in [1.82, 2.24) is 13.9 Å². The maximum absolute atomic E-state index is 12.3. The summed E-state index contributed by atoms with van der Waals surface area (Å²) in [5, 5.41) is 2.90. The molecule has 1 aromatic rings. The molecule has 1 N–H and O–H groups in total. The van der Waals surface area contributed by atoms with Crippen LogP contribution in [0.5, 0.6) is 0 Å². The van der Waals surface area contributed by atoms with Gasteiger partial charge in [-0.05, 0) is 18.4 Å². The molecule has 0 aliphatic carbocycles. The fourth-order valence-electron chi connectivity index (χ4n) is 2.53. The Morgan fingerprint density at radius 1 is 1.32 bits per heavy atom. The molecule has 2 rings (SSSR count). The van der Waals surface area contributed by atoms with Crippen LogP contribution in [0, 0.1) is 5.92 Å². The maximum Gasteiger partial charge on any atom is 0.281 e. The lowest BCUT2D eigenvalue weighted by Gasteiger charge is -2.32. The number of hydrogen-bond acceptors (Lipinski definition) is 3. The van der Waals surface area contributed by atoms with Crippen LogP contribution in [0.4, 0.5) is 0 Å². The molecule has 1 fully saturated rings. The number of benzene rings is 1. The van der Waals surface area contributed by atoms with Gasteiger partial charge in [-0.1, -0.05) is 30.3 Å². The van der Waals surface area contributed by atoms with Gasteiger partial charge < -0.3 is 5.32 Å². The summed E-state index contributed by atoms with van der Waals surface area (Å²) in [6, 6.07) is 9.67. The lowest BCUT2D eigenvalue weighted by atomic mass is 9.99. The van der Waals surface area contributed by atoms with Crippen LogP contribution in [-0.2, 0) is 21.5 Å². The van der Waals surface area contributed by atoms with E-state index in [0.29, 0.717) is 19.5 Å². The van der Waals surface area contributed by atoms with Crippen LogP contribution in [0.15, 0.2) is 30.3 Å². The first kappa shape index (κ1) is 16.9. The van der Waals surface area contributed by atoms with Crippen LogP contribution in [0.25, 0.3) is 0 Å². The number of carbonyl (C=O) groups is 1. The number of nitrogens with zero attached hydrogens (tertiary/aromatic N) is 2. The summed E-state index contributed by atoms with van der Waals surface area (Å²) in [5.41, 5.74) is 1.03. The average molecular weight is 325 g/mol. The maximum atomic E-state index is 12.3. The molecule has 0 spiro atoms. The lowest BCUT2D eigenvalue weighted by Crippen LogP contribution is -2.48. The van der Waals surface area contributed by atoms with E-state index in [2.05, 4.69) is 5.32 Å². The highest BCUT2D eigenvalue weighted by molar-refractivity contribution is 7.86. The molecule has 1 amide bonds. The minimum Gasteiger partial charge on any atom is -0.352 e. The van der Waals surface area contributed by atoms with Gasteiger partial charge in [0.1, 0.15) is 0 Å². The standard InChI is InChI=1S/C15H23N3O3S/c1-17(2)22(20,21)18-10-6-9-14(12-18)15(19)16-11-13-7-4-3-5-8-13/h3-5,7-8,14H,6,9-12H2,1-2H3,(H,16,19)/t14-/m1/s1. The molecule has 1 atom stereocenters. The molecule has 1 heterocycles. The van der Waals surface area contributed by atoms with Crippen molar-refractivity contribution in [3.8, 4) is 0 Å². The normalized spacial score (nSPS) is 20.0. The molecule has 0 unspecified atom stereocenters. The Balaban J connectivity index is 1.93. The number of rotatable bonds is 5. The van der Waals surface area contributed by atoms with E-state index in [9.17, 15) is 13.2 Å². The van der Waals surface area contributed by atoms with Crippen LogP contribution in [0.1, 0.15) is 18.4 Å². The first-order valence-electron chi connectivity index (χ1n) is 7.40. The SMILES string of the molecule is CN(C)S(=O)(=O)N1CCC[C@@H](C(=O)NCc2ccccc2)C1. The number of hydrogen-bond donors (Lipinski definition) is 1. The zero-order valence-corrected chi connectivity index (χ0v) is 13.8. The van der Waals surface area contributed by atoms with E-state index in [1.54, 1.807) is 0 Å². The third kappa shape index (κ3) is 4.06. The van der Waals surface area contributed by atoms with Crippen LogP contribution in [-0.4, -0.2) is 50.1 Å². The molecule has 1 aromatic carbocycles. The molecule has 0 radical (unpaired) electrons. The van der Waals surface area contributed by atoms with Crippen molar-refractivity contribution in [2.24, 2.45) is 5.92 Å². The predicted octanol–water partition coefficient (Wildman–Crippen LogP) is 0.821. The summed E-state index contributed by atoms with van der Waals surface area (Å²) in [5.74, 6) is -0.366. The molecule has 6 nitrogen and oxygen atoms in total. The van der Waals surface area contributed by atoms with Crippen LogP contribution in [0.2, 0.25) is 0 Å². The van der Waals surface area contributed by atoms with Crippen LogP contribution in [0.3, 0.4) is 0 Å². The van der Waals surface area contributed by atoms with Crippen molar-refractivity contribution in [2.75, 3.05) is 27.2 Å². The van der Waals surface area contributed by atoms with Gasteiger partial charge in [0.25, 0.3) is 10.2 Å². The van der Waals surface area contributed by atoms with E-state index in [1.807, 2.05) is 30.3 Å². The molecular weight excluding hydrogens is 302 g/mol. The highest BCUT2D eigenvalue weighted by atomic mass is 32.2. The first-order valence-corrected chi connectivity index (χ1v) is 8.80. The summed E-state index contributed by atoms with van der Waals surface area (Å²) < 4.78 is 26.9. The van der Waals surface area contributed by atoms with Crippen LogP contribution >= 0.6 is 0 Å². The highest BCUT2D eigenvalue weighted by Crippen LogP contribution is 2.20. The Bertz CT molecular complexity index is 602.